The van der Waals surface area contributed by atoms with Gasteiger partial charge in [0.05, 0.1) is 61.5 Å². The third-order valence-electron chi connectivity index (χ3n) is 17.9. The molecule has 3 aromatic heterocycles. The zero-order chi connectivity index (χ0) is 69.5. The first-order chi connectivity index (χ1) is 46.4. The number of nitrogens with zero attached hydrogens (tertiary/aromatic N) is 4. The van der Waals surface area contributed by atoms with E-state index in [-0.39, 0.29) is 37.0 Å². The number of hydrogen-bond donors (Lipinski definition) is 20. The van der Waals surface area contributed by atoms with Crippen molar-refractivity contribution in [3.05, 3.63) is 72.5 Å². The molecule has 31 nitrogen and oxygen atoms in total. The summed E-state index contributed by atoms with van der Waals surface area (Å²) in [6, 6.07) is 1.32. The molecule has 4 aromatic rings. The fourth-order valence-electron chi connectivity index (χ4n) is 12.6. The number of unbranched alkanes of at least 4 members (excludes halogenated alkanes) is 3. The highest BCUT2D eigenvalue weighted by atomic mass is 16.6. The number of imidazole rings is 2. The number of aliphatic hydroxyl groups is 1. The van der Waals surface area contributed by atoms with Crippen molar-refractivity contribution in [1.82, 2.24) is 88.3 Å². The Bertz CT molecular complexity index is 2920. The van der Waals surface area contributed by atoms with Gasteiger partial charge in [-0.1, -0.05) is 65.2 Å². The third kappa shape index (κ3) is 25.0. The van der Waals surface area contributed by atoms with Crippen LogP contribution in [0.4, 0.5) is 0 Å². The van der Waals surface area contributed by atoms with Crippen molar-refractivity contribution < 1.29 is 38.6 Å². The first-order valence-corrected chi connectivity index (χ1v) is 34.7. The van der Waals surface area contributed by atoms with E-state index in [4.69, 9.17) is 38.1 Å². The Kier molecular flexibility index (Phi) is 33.8. The van der Waals surface area contributed by atoms with Gasteiger partial charge in [0.15, 0.2) is 5.96 Å². The van der Waals surface area contributed by atoms with E-state index in [1.165, 1.54) is 12.7 Å². The third-order valence-corrected chi connectivity index (χ3v) is 17.9. The van der Waals surface area contributed by atoms with Gasteiger partial charge in [0.2, 0.25) is 29.5 Å². The number of amides is 5. The number of fused-ring (bicyclic) bond motifs is 2. The van der Waals surface area contributed by atoms with Crippen LogP contribution in [-0.2, 0) is 52.7 Å². The van der Waals surface area contributed by atoms with E-state index in [1.807, 2.05) is 58.2 Å². The summed E-state index contributed by atoms with van der Waals surface area (Å²) in [6.07, 6.45) is 11.2. The molecule has 0 bridgehead atoms. The van der Waals surface area contributed by atoms with Gasteiger partial charge in [0.25, 0.3) is 0 Å². The Hall–Kier alpha value is -6.72. The van der Waals surface area contributed by atoms with E-state index in [9.17, 15) is 24.3 Å². The smallest absolute Gasteiger partial charge is 0.244 e. The van der Waals surface area contributed by atoms with Crippen LogP contribution in [0.15, 0.2) is 60.5 Å². The van der Waals surface area contributed by atoms with Crippen LogP contribution in [-0.4, -0.2) is 208 Å². The summed E-state index contributed by atoms with van der Waals surface area (Å²) < 4.78 is 12.7. The molecule has 31 heteroatoms. The van der Waals surface area contributed by atoms with Crippen molar-refractivity contribution in [1.29, 1.82) is 0 Å². The number of aromatic amines is 3. The highest BCUT2D eigenvalue weighted by molar-refractivity contribution is 5.92. The number of benzene rings is 1. The van der Waals surface area contributed by atoms with E-state index in [0.717, 1.165) is 35.7 Å². The van der Waals surface area contributed by atoms with Gasteiger partial charge in [-0.05, 0) is 122 Å². The molecule has 0 spiro atoms. The minimum absolute atomic E-state index is 0.0291. The molecule has 5 unspecified atom stereocenters. The van der Waals surface area contributed by atoms with Gasteiger partial charge in [0, 0.05) is 85.9 Å². The number of epoxide rings is 1. The molecule has 5 heterocycles. The highest BCUT2D eigenvalue weighted by Gasteiger charge is 2.47. The van der Waals surface area contributed by atoms with Crippen molar-refractivity contribution >= 4 is 46.4 Å². The van der Waals surface area contributed by atoms with Crippen LogP contribution >= 0.6 is 0 Å². The first kappa shape index (κ1) is 78.3. The van der Waals surface area contributed by atoms with Crippen molar-refractivity contribution in [2.24, 2.45) is 33.7 Å². The molecule has 2 aliphatic rings. The summed E-state index contributed by atoms with van der Waals surface area (Å²) in [5.74, 6) is -2.35. The summed E-state index contributed by atoms with van der Waals surface area (Å²) >= 11 is 0. The number of H-pyrrole nitrogens is 3. The number of carbonyl (C=O) groups excluding carboxylic acids is 5. The van der Waals surface area contributed by atoms with Crippen LogP contribution in [0.2, 0.25) is 0 Å². The number of ether oxygens (including phenoxy) is 2. The van der Waals surface area contributed by atoms with Gasteiger partial charge in [-0.2, -0.15) is 0 Å². The number of nitrogens with one attached hydrogen (secondary N) is 14. The summed E-state index contributed by atoms with van der Waals surface area (Å²) in [5.41, 5.74) is 32.5. The molecule has 6 rings (SSSR count). The molecule has 2 fully saturated rings. The van der Waals surface area contributed by atoms with Crippen LogP contribution < -0.4 is 87.2 Å². The number of guanidine groups is 1. The zero-order valence-electron chi connectivity index (χ0n) is 57.5. The number of aliphatic hydroxyl groups excluding tert-OH is 1. The van der Waals surface area contributed by atoms with Crippen LogP contribution in [0.1, 0.15) is 148 Å². The van der Waals surface area contributed by atoms with Crippen molar-refractivity contribution in [2.75, 3.05) is 39.8 Å². The minimum Gasteiger partial charge on any atom is -0.377 e. The zero-order valence-corrected chi connectivity index (χ0v) is 57.5. The number of aliphatic imine (C=N–C) groups is 1. The quantitative estimate of drug-likeness (QED) is 0.0148. The lowest BCUT2D eigenvalue weighted by molar-refractivity contribution is -0.133. The monoisotopic (exact) mass is 1350 g/mol. The Morgan fingerprint density at radius 1 is 0.615 bits per heavy atom. The predicted molar refractivity (Wildman–Crippen MR) is 370 cm³/mol. The van der Waals surface area contributed by atoms with Crippen LogP contribution in [0.5, 0.6) is 0 Å². The fraction of sp³-hybridized carbons (Fsp3) is 0.692. The number of likely N-dealkylation sites (N-methyl/N-ethyl adjacent to an activating group) is 1. The number of methoxy groups -OCH3 is 1. The Morgan fingerprint density at radius 3 is 1.83 bits per heavy atom. The second kappa shape index (κ2) is 41.5. The summed E-state index contributed by atoms with van der Waals surface area (Å²) in [7, 11) is 1.61. The molecule has 96 heavy (non-hydrogen) atoms. The molecule has 0 aliphatic carbocycles. The Balaban J connectivity index is 1.40. The SMILES string of the molecule is CCC1C(=O)N[C@@H](Cc2cnc[nH]2)C(=O)N[C@H](C)N[C@@H](Cc2cnc[nH]2)C(=O)N[C@@H](Cc2c[nH]c3ccccc23)C(=O)N[C@@H](CC)N[C@@H](C)C(=O)N[C@@H](CCCCN)C2OC2N[C@@H](CCCCN)C(O)N[C@@H](CCCCN)C(OC)N[C@@H](CCCN=C(N)N)N[C@@H](CC)N1CC. The fourth-order valence-corrected chi connectivity index (χ4v) is 12.6. The summed E-state index contributed by atoms with van der Waals surface area (Å²) in [5, 5.41) is 50.1. The number of nitrogens with two attached hydrogens (primary N) is 5. The van der Waals surface area contributed by atoms with Gasteiger partial charge in [-0.25, -0.2) is 9.97 Å². The van der Waals surface area contributed by atoms with E-state index < -0.39 is 116 Å². The van der Waals surface area contributed by atoms with Gasteiger partial charge >= 0.3 is 0 Å². The molecule has 5 amide bonds. The molecule has 0 radical (unpaired) electrons. The van der Waals surface area contributed by atoms with Crippen LogP contribution in [0.3, 0.4) is 0 Å². The topological polar surface area (TPSA) is 479 Å². The van der Waals surface area contributed by atoms with E-state index in [1.54, 1.807) is 33.4 Å². The first-order valence-electron chi connectivity index (χ1n) is 34.7. The second-order valence-corrected chi connectivity index (χ2v) is 25.2. The molecule has 1 aromatic carbocycles. The van der Waals surface area contributed by atoms with Crippen LogP contribution in [0.25, 0.3) is 10.9 Å². The minimum atomic E-state index is -1.14. The van der Waals surface area contributed by atoms with Gasteiger partial charge < -0.3 is 84.8 Å². The maximum atomic E-state index is 15.0. The lowest BCUT2D eigenvalue weighted by Crippen LogP contribution is -2.64. The lowest BCUT2D eigenvalue weighted by Gasteiger charge is -2.40. The standard InChI is InChI=1S/C65H115N23O8/c1-8-52-62(94)83-51(33-43-36-72-38-76-43)59(91)79-40(6)78-50(32-42-35-71-37-75-42)60(92)82-49(31-41-34-74-45-22-13-12-21-44(41)45)61(93)86-53(9-2)77-39(5)57(89)80-46(23-14-17-27-66)56-64(96-56)84-47(24-15-18-28-67)58(90)81-48(25-16-19-29-68)63(95-7)87-54(26-20-30-73-65(69)70)85-55(10-3)88(52)11-4/h12-13,21-22,34-40,46-56,58,63-64,74,77-78,81,84-85,87,90H,8-11,14-20,23-33,66-68H2,1-7H3,(H,71,75)(H,72,76)(H,79,91)(H,80,89)(H,82,92)(H,83,94)(H,86,93)(H4,69,70,73)/t39-,40+,46-,47-,48-,49-,50-,51-,52?,53-,54-,55+,56?,58?,63?,64?/m0/s1. The Morgan fingerprint density at radius 2 is 1.23 bits per heavy atom. The summed E-state index contributed by atoms with van der Waals surface area (Å²) in [6.45, 7) is 13.4. The van der Waals surface area contributed by atoms with E-state index in [0.29, 0.717) is 115 Å². The number of rotatable bonds is 27. The maximum Gasteiger partial charge on any atom is 0.244 e. The largest absolute Gasteiger partial charge is 0.377 e. The number of para-hydroxylation sites is 1. The lowest BCUT2D eigenvalue weighted by atomic mass is 10.0. The Labute approximate surface area is 565 Å². The van der Waals surface area contributed by atoms with Crippen molar-refractivity contribution in [2.45, 2.75) is 248 Å². The van der Waals surface area contributed by atoms with Crippen molar-refractivity contribution in [3.63, 3.8) is 0 Å². The second-order valence-electron chi connectivity index (χ2n) is 25.2. The van der Waals surface area contributed by atoms with Gasteiger partial charge in [-0.3, -0.25) is 65.8 Å². The van der Waals surface area contributed by atoms with E-state index in [2.05, 4.69) is 93.3 Å². The summed E-state index contributed by atoms with van der Waals surface area (Å²) in [4.78, 5) is 98.3. The molecule has 2 saturated heterocycles. The van der Waals surface area contributed by atoms with Gasteiger partial charge in [-0.15, -0.1) is 0 Å². The molecular weight excluding hydrogens is 1230 g/mol. The molecular formula is C65H115N23O8. The number of hydrogen-bond acceptors (Lipinski definition) is 21. The van der Waals surface area contributed by atoms with Gasteiger partial charge in [0.1, 0.15) is 36.9 Å². The number of carbonyl (C=O) groups is 5. The average Bonchev–Trinajstić information content (AvgIpc) is 1.64. The molecule has 0 saturated carbocycles. The molecule has 2 aliphatic heterocycles. The van der Waals surface area contributed by atoms with Crippen LogP contribution in [0, 0.1) is 0 Å². The van der Waals surface area contributed by atoms with E-state index >= 15 is 4.79 Å². The maximum absolute atomic E-state index is 15.0. The highest BCUT2D eigenvalue weighted by Crippen LogP contribution is 2.28. The number of aromatic nitrogens is 5. The predicted octanol–water partition coefficient (Wildman–Crippen LogP) is -0.925. The molecule has 538 valence electrons. The van der Waals surface area contributed by atoms with Crippen molar-refractivity contribution in [3.8, 4) is 0 Å². The molecule has 16 atom stereocenters. The normalized spacial score (nSPS) is 28.8. The average molecular weight is 1350 g/mol. The molecule has 25 N–H and O–H groups in total.